The second-order valence-corrected chi connectivity index (χ2v) is 5.81. The van der Waals surface area contributed by atoms with Crippen LogP contribution in [0.4, 0.5) is 11.8 Å². The molecule has 0 fully saturated rings. The summed E-state index contributed by atoms with van der Waals surface area (Å²) < 4.78 is 0. The van der Waals surface area contributed by atoms with Crippen molar-refractivity contribution in [3.8, 4) is 0 Å². The van der Waals surface area contributed by atoms with Crippen LogP contribution in [0.5, 0.6) is 0 Å². The lowest BCUT2D eigenvalue weighted by Gasteiger charge is -2.29. The quantitative estimate of drug-likeness (QED) is 0.826. The molecule has 4 nitrogen and oxygen atoms in total. The zero-order valence-corrected chi connectivity index (χ0v) is 13.3. The summed E-state index contributed by atoms with van der Waals surface area (Å²) in [5.74, 6) is 1.76. The Bertz CT molecular complexity index is 612. The summed E-state index contributed by atoms with van der Waals surface area (Å²) in [6.45, 7) is 5.11. The van der Waals surface area contributed by atoms with E-state index in [1.807, 2.05) is 12.3 Å². The maximum absolute atomic E-state index is 4.67. The second kappa shape index (κ2) is 7.25. The van der Waals surface area contributed by atoms with Gasteiger partial charge < -0.3 is 10.2 Å². The molecule has 116 valence electrons. The summed E-state index contributed by atoms with van der Waals surface area (Å²) in [7, 11) is 0. The minimum Gasteiger partial charge on any atom is -0.354 e. The molecule has 4 heteroatoms. The summed E-state index contributed by atoms with van der Waals surface area (Å²) in [5.41, 5.74) is 2.87. The average Bonchev–Trinajstić information content (AvgIpc) is 2.59. The fourth-order valence-corrected chi connectivity index (χ4v) is 2.88. The molecule has 0 radical (unpaired) electrons. The minimum absolute atomic E-state index is 0.743. The normalized spacial score (nSPS) is 13.8. The molecule has 0 unspecified atom stereocenters. The first-order valence-electron chi connectivity index (χ1n) is 8.25. The number of nitrogens with one attached hydrogen (secondary N) is 1. The number of hydrogen-bond donors (Lipinski definition) is 1. The van der Waals surface area contributed by atoms with Crippen molar-refractivity contribution in [3.05, 3.63) is 47.7 Å². The zero-order valence-electron chi connectivity index (χ0n) is 13.3. The van der Waals surface area contributed by atoms with Crippen molar-refractivity contribution in [3.63, 3.8) is 0 Å². The lowest BCUT2D eigenvalue weighted by atomic mass is 10.00. The van der Waals surface area contributed by atoms with Gasteiger partial charge in [-0.25, -0.2) is 4.98 Å². The molecular formula is C18H24N4. The van der Waals surface area contributed by atoms with Crippen molar-refractivity contribution >= 4 is 11.8 Å². The molecule has 3 rings (SSSR count). The van der Waals surface area contributed by atoms with Crippen molar-refractivity contribution in [1.29, 1.82) is 0 Å². The van der Waals surface area contributed by atoms with E-state index in [1.165, 1.54) is 30.4 Å². The first-order valence-corrected chi connectivity index (χ1v) is 8.25. The molecule has 1 N–H and O–H groups in total. The van der Waals surface area contributed by atoms with E-state index in [4.69, 9.17) is 0 Å². The third kappa shape index (κ3) is 3.56. The third-order valence-corrected chi connectivity index (χ3v) is 4.16. The number of rotatable bonds is 6. The number of nitrogens with zero attached hydrogens (tertiary/aromatic N) is 3. The molecule has 0 amide bonds. The molecular weight excluding hydrogens is 272 g/mol. The van der Waals surface area contributed by atoms with Crippen LogP contribution in [0.15, 0.2) is 36.5 Å². The Kier molecular flexibility index (Phi) is 4.88. The van der Waals surface area contributed by atoms with Crippen LogP contribution < -0.4 is 10.2 Å². The predicted molar refractivity (Wildman–Crippen MR) is 91.2 cm³/mol. The van der Waals surface area contributed by atoms with Gasteiger partial charge in [-0.1, -0.05) is 44.0 Å². The minimum atomic E-state index is 0.743. The topological polar surface area (TPSA) is 41.1 Å². The summed E-state index contributed by atoms with van der Waals surface area (Å²) in [6.07, 6.45) is 6.58. The highest BCUT2D eigenvalue weighted by Gasteiger charge is 2.17. The molecule has 1 aromatic heterocycles. The van der Waals surface area contributed by atoms with E-state index in [0.29, 0.717) is 0 Å². The Morgan fingerprint density at radius 2 is 2.00 bits per heavy atom. The number of anilines is 2. The van der Waals surface area contributed by atoms with Gasteiger partial charge in [0.25, 0.3) is 0 Å². The van der Waals surface area contributed by atoms with E-state index in [0.717, 1.165) is 37.8 Å². The first-order chi connectivity index (χ1) is 10.9. The van der Waals surface area contributed by atoms with Gasteiger partial charge in [0.2, 0.25) is 5.95 Å². The highest BCUT2D eigenvalue weighted by molar-refractivity contribution is 5.46. The van der Waals surface area contributed by atoms with Crippen molar-refractivity contribution in [1.82, 2.24) is 9.97 Å². The maximum Gasteiger partial charge on any atom is 0.224 e. The van der Waals surface area contributed by atoms with Crippen molar-refractivity contribution in [2.45, 2.75) is 39.2 Å². The Balaban J connectivity index is 1.65. The Morgan fingerprint density at radius 3 is 2.86 bits per heavy atom. The molecule has 1 aliphatic rings. The maximum atomic E-state index is 4.67. The van der Waals surface area contributed by atoms with E-state index < -0.39 is 0 Å². The monoisotopic (exact) mass is 296 g/mol. The summed E-state index contributed by atoms with van der Waals surface area (Å²) in [4.78, 5) is 11.3. The SMILES string of the molecule is CCCCCNc1nccc(N2CCc3ccccc3C2)n1. The van der Waals surface area contributed by atoms with Crippen LogP contribution in [0.25, 0.3) is 0 Å². The molecule has 0 aliphatic carbocycles. The fraction of sp³-hybridized carbons (Fsp3) is 0.444. The number of fused-ring (bicyclic) bond motifs is 1. The number of benzene rings is 1. The highest BCUT2D eigenvalue weighted by atomic mass is 15.2. The largest absolute Gasteiger partial charge is 0.354 e. The van der Waals surface area contributed by atoms with Crippen LogP contribution in [0.2, 0.25) is 0 Å². The Morgan fingerprint density at radius 1 is 1.14 bits per heavy atom. The zero-order chi connectivity index (χ0) is 15.2. The van der Waals surface area contributed by atoms with E-state index in [9.17, 15) is 0 Å². The molecule has 2 heterocycles. The third-order valence-electron chi connectivity index (χ3n) is 4.16. The van der Waals surface area contributed by atoms with Gasteiger partial charge in [-0.2, -0.15) is 4.98 Å². The van der Waals surface area contributed by atoms with Crippen LogP contribution in [-0.2, 0) is 13.0 Å². The van der Waals surface area contributed by atoms with Gasteiger partial charge in [0, 0.05) is 25.8 Å². The van der Waals surface area contributed by atoms with Crippen molar-refractivity contribution in [2.24, 2.45) is 0 Å². The number of aromatic nitrogens is 2. The summed E-state index contributed by atoms with van der Waals surface area (Å²) in [5, 5.41) is 3.33. The van der Waals surface area contributed by atoms with Gasteiger partial charge in [-0.15, -0.1) is 0 Å². The van der Waals surface area contributed by atoms with Crippen molar-refractivity contribution < 1.29 is 0 Å². The van der Waals surface area contributed by atoms with Gasteiger partial charge in [0.15, 0.2) is 0 Å². The standard InChI is InChI=1S/C18H24N4/c1-2-3-6-11-19-18-20-12-9-17(21-18)22-13-10-15-7-4-5-8-16(15)14-22/h4-5,7-9,12H,2-3,6,10-11,13-14H2,1H3,(H,19,20,21). The Hall–Kier alpha value is -2.10. The first kappa shape index (κ1) is 14.8. The van der Waals surface area contributed by atoms with Gasteiger partial charge in [0.05, 0.1) is 0 Å². The van der Waals surface area contributed by atoms with Gasteiger partial charge in [0.1, 0.15) is 5.82 Å². The van der Waals surface area contributed by atoms with Crippen LogP contribution >= 0.6 is 0 Å². The highest BCUT2D eigenvalue weighted by Crippen LogP contribution is 2.23. The number of hydrogen-bond acceptors (Lipinski definition) is 4. The van der Waals surface area contributed by atoms with E-state index in [2.05, 4.69) is 51.4 Å². The molecule has 2 aromatic rings. The lowest BCUT2D eigenvalue weighted by Crippen LogP contribution is -2.31. The second-order valence-electron chi connectivity index (χ2n) is 5.81. The molecule has 22 heavy (non-hydrogen) atoms. The lowest BCUT2D eigenvalue weighted by molar-refractivity contribution is 0.717. The van der Waals surface area contributed by atoms with Crippen LogP contribution in [0.1, 0.15) is 37.3 Å². The predicted octanol–water partition coefficient (Wildman–Crippen LogP) is 3.64. The fourth-order valence-electron chi connectivity index (χ4n) is 2.88. The molecule has 1 aliphatic heterocycles. The van der Waals surface area contributed by atoms with Crippen LogP contribution in [0.3, 0.4) is 0 Å². The molecule has 0 spiro atoms. The summed E-state index contributed by atoms with van der Waals surface area (Å²) >= 11 is 0. The van der Waals surface area contributed by atoms with E-state index >= 15 is 0 Å². The van der Waals surface area contributed by atoms with Crippen LogP contribution in [-0.4, -0.2) is 23.1 Å². The van der Waals surface area contributed by atoms with E-state index in [-0.39, 0.29) is 0 Å². The van der Waals surface area contributed by atoms with Gasteiger partial charge >= 0.3 is 0 Å². The molecule has 0 bridgehead atoms. The molecule has 1 aromatic carbocycles. The number of unbranched alkanes of at least 4 members (excludes halogenated alkanes) is 2. The van der Waals surface area contributed by atoms with Gasteiger partial charge in [-0.3, -0.25) is 0 Å². The van der Waals surface area contributed by atoms with Crippen molar-refractivity contribution in [2.75, 3.05) is 23.3 Å². The van der Waals surface area contributed by atoms with E-state index in [1.54, 1.807) is 0 Å². The molecule has 0 atom stereocenters. The van der Waals surface area contributed by atoms with Gasteiger partial charge in [-0.05, 0) is 30.0 Å². The smallest absolute Gasteiger partial charge is 0.224 e. The molecule has 0 saturated heterocycles. The van der Waals surface area contributed by atoms with Crippen LogP contribution in [0, 0.1) is 0 Å². The average molecular weight is 296 g/mol. The molecule has 0 saturated carbocycles. The summed E-state index contributed by atoms with van der Waals surface area (Å²) in [6, 6.07) is 10.7. The Labute approximate surface area is 132 Å².